The zero-order chi connectivity index (χ0) is 18.5. The molecule has 1 N–H and O–H groups in total. The number of hydrogen-bond acceptors (Lipinski definition) is 4. The first-order valence-electron chi connectivity index (χ1n) is 9.12. The number of aromatic nitrogens is 1. The van der Waals surface area contributed by atoms with Crippen molar-refractivity contribution >= 4 is 34.5 Å². The summed E-state index contributed by atoms with van der Waals surface area (Å²) in [6, 6.07) is 9.51. The number of para-hydroxylation sites is 1. The molecule has 3 rings (SSSR count). The van der Waals surface area contributed by atoms with Crippen LogP contribution in [0.5, 0.6) is 0 Å². The molecule has 0 radical (unpaired) electrons. The van der Waals surface area contributed by atoms with E-state index in [0.29, 0.717) is 0 Å². The minimum atomic E-state index is -0.479. The van der Waals surface area contributed by atoms with Crippen LogP contribution in [0.15, 0.2) is 35.4 Å². The molecule has 1 aromatic heterocycles. The highest BCUT2D eigenvalue weighted by Crippen LogP contribution is 2.23. The summed E-state index contributed by atoms with van der Waals surface area (Å²) in [5.74, 6) is 0.130. The number of benzene rings is 1. The number of amides is 2. The molecule has 0 aliphatic carbocycles. The van der Waals surface area contributed by atoms with Crippen LogP contribution in [0.4, 0.5) is 0 Å². The number of piperidine rings is 1. The van der Waals surface area contributed by atoms with Gasteiger partial charge in [0.1, 0.15) is 6.04 Å². The van der Waals surface area contributed by atoms with Gasteiger partial charge in [-0.1, -0.05) is 30.0 Å². The Morgan fingerprint density at radius 3 is 2.73 bits per heavy atom. The molecule has 0 saturated carbocycles. The Morgan fingerprint density at radius 1 is 1.23 bits per heavy atom. The molecular formula is C20H25N3O2S. The normalized spacial score (nSPS) is 15.7. The maximum absolute atomic E-state index is 12.4. The van der Waals surface area contributed by atoms with E-state index in [1.54, 1.807) is 6.92 Å². The van der Waals surface area contributed by atoms with Crippen LogP contribution in [0.1, 0.15) is 31.7 Å². The van der Waals surface area contributed by atoms with E-state index in [4.69, 9.17) is 0 Å². The zero-order valence-corrected chi connectivity index (χ0v) is 16.1. The largest absolute Gasteiger partial charge is 0.344 e. The van der Waals surface area contributed by atoms with Crippen LogP contribution in [0.25, 0.3) is 10.9 Å². The summed E-state index contributed by atoms with van der Waals surface area (Å²) >= 11 is 1.40. The van der Waals surface area contributed by atoms with Gasteiger partial charge in [0.25, 0.3) is 0 Å². The van der Waals surface area contributed by atoms with Crippen LogP contribution in [0.2, 0.25) is 0 Å². The minimum absolute atomic E-state index is 0.0164. The highest BCUT2D eigenvalue weighted by atomic mass is 32.2. The van der Waals surface area contributed by atoms with Crippen molar-refractivity contribution in [1.29, 1.82) is 0 Å². The first-order chi connectivity index (χ1) is 12.5. The molecular weight excluding hydrogens is 346 g/mol. The van der Waals surface area contributed by atoms with Crippen molar-refractivity contribution in [3.05, 3.63) is 35.9 Å². The van der Waals surface area contributed by atoms with E-state index < -0.39 is 6.04 Å². The van der Waals surface area contributed by atoms with Crippen molar-refractivity contribution in [2.45, 2.75) is 44.2 Å². The van der Waals surface area contributed by atoms with Crippen molar-refractivity contribution in [3.63, 3.8) is 0 Å². The van der Waals surface area contributed by atoms with E-state index in [1.165, 1.54) is 18.2 Å². The van der Waals surface area contributed by atoms with Crippen LogP contribution in [-0.2, 0) is 9.59 Å². The van der Waals surface area contributed by atoms with E-state index in [1.807, 2.05) is 42.2 Å². The van der Waals surface area contributed by atoms with Gasteiger partial charge < -0.3 is 10.2 Å². The fraction of sp³-hybridized carbons (Fsp3) is 0.450. The number of likely N-dealkylation sites (tertiary alicyclic amines) is 1. The van der Waals surface area contributed by atoms with Crippen molar-refractivity contribution in [2.24, 2.45) is 0 Å². The highest BCUT2D eigenvalue weighted by molar-refractivity contribution is 7.99. The van der Waals surface area contributed by atoms with Gasteiger partial charge >= 0.3 is 0 Å². The van der Waals surface area contributed by atoms with Crippen LogP contribution < -0.4 is 5.32 Å². The van der Waals surface area contributed by atoms with Crippen LogP contribution >= 0.6 is 11.8 Å². The Balaban J connectivity index is 1.54. The van der Waals surface area contributed by atoms with Gasteiger partial charge in [-0.25, -0.2) is 4.98 Å². The number of pyridine rings is 1. The fourth-order valence-corrected chi connectivity index (χ4v) is 4.05. The third-order valence-corrected chi connectivity index (χ3v) is 5.58. The molecule has 1 saturated heterocycles. The summed E-state index contributed by atoms with van der Waals surface area (Å²) in [4.78, 5) is 31.1. The summed E-state index contributed by atoms with van der Waals surface area (Å²) in [6.07, 6.45) is 3.28. The molecule has 1 aromatic carbocycles. The van der Waals surface area contributed by atoms with Crippen molar-refractivity contribution in [3.8, 4) is 0 Å². The topological polar surface area (TPSA) is 62.3 Å². The molecule has 0 unspecified atom stereocenters. The zero-order valence-electron chi connectivity index (χ0n) is 15.3. The molecule has 5 nitrogen and oxygen atoms in total. The highest BCUT2D eigenvalue weighted by Gasteiger charge is 2.23. The average molecular weight is 372 g/mol. The minimum Gasteiger partial charge on any atom is -0.344 e. The lowest BCUT2D eigenvalue weighted by Crippen LogP contribution is -2.48. The number of aryl methyl sites for hydroxylation is 1. The molecule has 0 bridgehead atoms. The van der Waals surface area contributed by atoms with E-state index in [2.05, 4.69) is 10.3 Å². The number of rotatable bonds is 5. The van der Waals surface area contributed by atoms with Gasteiger partial charge in [-0.2, -0.15) is 0 Å². The van der Waals surface area contributed by atoms with Gasteiger partial charge in [0, 0.05) is 18.5 Å². The molecule has 26 heavy (non-hydrogen) atoms. The Hall–Kier alpha value is -2.08. The van der Waals surface area contributed by atoms with E-state index >= 15 is 0 Å². The van der Waals surface area contributed by atoms with Crippen LogP contribution in [0.3, 0.4) is 0 Å². The molecule has 6 heteroatoms. The summed E-state index contributed by atoms with van der Waals surface area (Å²) in [7, 11) is 0. The lowest BCUT2D eigenvalue weighted by Gasteiger charge is -2.29. The summed E-state index contributed by atoms with van der Waals surface area (Å²) in [5, 5.41) is 4.77. The number of hydrogen-bond donors (Lipinski definition) is 1. The average Bonchev–Trinajstić information content (AvgIpc) is 2.66. The molecule has 2 heterocycles. The van der Waals surface area contributed by atoms with E-state index in [0.717, 1.165) is 47.4 Å². The third kappa shape index (κ3) is 4.55. The molecule has 1 aliphatic rings. The summed E-state index contributed by atoms with van der Waals surface area (Å²) in [6.45, 7) is 5.41. The Bertz CT molecular complexity index is 803. The SMILES string of the molecule is Cc1cc(SCC(=O)N[C@@H](C)C(=O)N2CCCCC2)nc2ccccc12. The molecule has 0 spiro atoms. The first kappa shape index (κ1) is 18.7. The van der Waals surface area contributed by atoms with Gasteiger partial charge in [-0.3, -0.25) is 9.59 Å². The maximum Gasteiger partial charge on any atom is 0.244 e. The second kappa shape index (κ2) is 8.54. The van der Waals surface area contributed by atoms with Crippen molar-refractivity contribution < 1.29 is 9.59 Å². The van der Waals surface area contributed by atoms with Crippen LogP contribution in [-0.4, -0.2) is 46.6 Å². The van der Waals surface area contributed by atoms with Crippen LogP contribution in [0, 0.1) is 6.92 Å². The lowest BCUT2D eigenvalue weighted by atomic mass is 10.1. The molecule has 2 aromatic rings. The molecule has 1 atom stereocenters. The molecule has 2 amide bonds. The number of fused-ring (bicyclic) bond motifs is 1. The van der Waals surface area contributed by atoms with E-state index in [9.17, 15) is 9.59 Å². The Morgan fingerprint density at radius 2 is 1.96 bits per heavy atom. The van der Waals surface area contributed by atoms with Gasteiger partial charge in [0.2, 0.25) is 11.8 Å². The number of carbonyl (C=O) groups excluding carboxylic acids is 2. The smallest absolute Gasteiger partial charge is 0.244 e. The maximum atomic E-state index is 12.4. The number of nitrogens with one attached hydrogen (secondary N) is 1. The summed E-state index contributed by atoms with van der Waals surface area (Å²) < 4.78 is 0. The lowest BCUT2D eigenvalue weighted by molar-refractivity contribution is -0.136. The molecule has 1 fully saturated rings. The predicted molar refractivity (Wildman–Crippen MR) is 105 cm³/mol. The second-order valence-electron chi connectivity index (χ2n) is 6.76. The van der Waals surface area contributed by atoms with Crippen molar-refractivity contribution in [2.75, 3.05) is 18.8 Å². The number of thioether (sulfide) groups is 1. The fourth-order valence-electron chi connectivity index (χ4n) is 3.27. The monoisotopic (exact) mass is 371 g/mol. The number of nitrogens with zero attached hydrogens (tertiary/aromatic N) is 2. The van der Waals surface area contributed by atoms with Gasteiger partial charge in [-0.05, 0) is 50.8 Å². The Kier molecular flexibility index (Phi) is 6.14. The van der Waals surface area contributed by atoms with E-state index in [-0.39, 0.29) is 17.6 Å². The first-order valence-corrected chi connectivity index (χ1v) is 10.1. The Labute approximate surface area is 158 Å². The van der Waals surface area contributed by atoms with Gasteiger partial charge in [0.05, 0.1) is 16.3 Å². The molecule has 138 valence electrons. The standard InChI is InChI=1S/C20H25N3O2S/c1-14-12-19(22-17-9-5-4-8-16(14)17)26-13-18(24)21-15(2)20(25)23-10-6-3-7-11-23/h4-5,8-9,12,15H,3,6-7,10-11,13H2,1-2H3,(H,21,24)/t15-/m0/s1. The van der Waals surface area contributed by atoms with Gasteiger partial charge in [0.15, 0.2) is 0 Å². The molecule has 1 aliphatic heterocycles. The summed E-state index contributed by atoms with van der Waals surface area (Å²) in [5.41, 5.74) is 2.08. The second-order valence-corrected chi connectivity index (χ2v) is 7.75. The predicted octanol–water partition coefficient (Wildman–Crippen LogP) is 3.15. The number of carbonyl (C=O) groups is 2. The van der Waals surface area contributed by atoms with Gasteiger partial charge in [-0.15, -0.1) is 0 Å². The quantitative estimate of drug-likeness (QED) is 0.820. The van der Waals surface area contributed by atoms with Crippen molar-refractivity contribution in [1.82, 2.24) is 15.2 Å². The third-order valence-electron chi connectivity index (χ3n) is 4.67.